The van der Waals surface area contributed by atoms with Gasteiger partial charge in [-0.15, -0.1) is 0 Å². The molecule has 2 aliphatic heterocycles. The third kappa shape index (κ3) is 4.88. The van der Waals surface area contributed by atoms with Crippen LogP contribution in [0.15, 0.2) is 48.8 Å². The summed E-state index contributed by atoms with van der Waals surface area (Å²) in [5, 5.41) is 0. The van der Waals surface area contributed by atoms with Crippen molar-refractivity contribution in [3.63, 3.8) is 0 Å². The summed E-state index contributed by atoms with van der Waals surface area (Å²) in [6, 6.07) is 11.4. The van der Waals surface area contributed by atoms with Crippen molar-refractivity contribution in [1.82, 2.24) is 19.7 Å². The van der Waals surface area contributed by atoms with E-state index in [1.807, 2.05) is 41.4 Å². The van der Waals surface area contributed by atoms with E-state index in [1.54, 1.807) is 13.3 Å². The van der Waals surface area contributed by atoms with Crippen molar-refractivity contribution in [3.8, 4) is 5.75 Å². The molecular weight excluding hydrogens is 416 g/mol. The number of aromatic nitrogens is 1. The summed E-state index contributed by atoms with van der Waals surface area (Å²) in [5.74, 6) is 1.13. The summed E-state index contributed by atoms with van der Waals surface area (Å²) < 4.78 is 5.32. The first-order valence-corrected chi connectivity index (χ1v) is 11.8. The lowest BCUT2D eigenvalue weighted by atomic mass is 9.85. The van der Waals surface area contributed by atoms with Gasteiger partial charge in [0.05, 0.1) is 13.7 Å². The molecule has 3 amide bonds. The van der Waals surface area contributed by atoms with Gasteiger partial charge in [-0.2, -0.15) is 0 Å². The monoisotopic (exact) mass is 450 g/mol. The molecule has 1 aromatic carbocycles. The molecule has 2 aliphatic rings. The predicted molar refractivity (Wildman–Crippen MR) is 127 cm³/mol. The number of likely N-dealkylation sites (tertiary alicyclic amines) is 1. The number of hydrogen-bond acceptors (Lipinski definition) is 5. The van der Waals surface area contributed by atoms with E-state index >= 15 is 0 Å². The molecule has 0 bridgehead atoms. The van der Waals surface area contributed by atoms with E-state index in [0.29, 0.717) is 25.3 Å². The van der Waals surface area contributed by atoms with Gasteiger partial charge in [-0.05, 0) is 54.5 Å². The minimum absolute atomic E-state index is 0.0555. The van der Waals surface area contributed by atoms with E-state index in [-0.39, 0.29) is 18.5 Å². The van der Waals surface area contributed by atoms with E-state index in [0.717, 1.165) is 37.4 Å². The standard InChI is InChI=1S/C26H34N4O3/c1-20(2)9-13-30-25(32)29(19-21-6-4-8-23(16-21)33-3)24(31)26(30)10-14-28(15-11-26)18-22-7-5-12-27-17-22/h4-8,12,16-17,20H,9-11,13-15,18-19H2,1-3H3. The Morgan fingerprint density at radius 1 is 1.06 bits per heavy atom. The molecule has 0 saturated carbocycles. The van der Waals surface area contributed by atoms with E-state index < -0.39 is 5.54 Å². The van der Waals surface area contributed by atoms with E-state index in [2.05, 4.69) is 29.8 Å². The highest BCUT2D eigenvalue weighted by atomic mass is 16.5. The largest absolute Gasteiger partial charge is 0.497 e. The lowest BCUT2D eigenvalue weighted by Gasteiger charge is -2.42. The molecule has 0 atom stereocenters. The fourth-order valence-corrected chi connectivity index (χ4v) is 4.89. The lowest BCUT2D eigenvalue weighted by Crippen LogP contribution is -2.56. The molecule has 4 rings (SSSR count). The number of nitrogens with zero attached hydrogens (tertiary/aromatic N) is 4. The Kier molecular flexibility index (Phi) is 6.98. The number of methoxy groups -OCH3 is 1. The molecule has 176 valence electrons. The Morgan fingerprint density at radius 2 is 1.82 bits per heavy atom. The van der Waals surface area contributed by atoms with Crippen LogP contribution in [0.5, 0.6) is 5.75 Å². The van der Waals surface area contributed by atoms with Gasteiger partial charge in [0, 0.05) is 38.6 Å². The van der Waals surface area contributed by atoms with E-state index in [1.165, 1.54) is 10.5 Å². The maximum absolute atomic E-state index is 13.8. The first-order valence-electron chi connectivity index (χ1n) is 11.8. The van der Waals surface area contributed by atoms with Crippen molar-refractivity contribution >= 4 is 11.9 Å². The van der Waals surface area contributed by atoms with Crippen LogP contribution < -0.4 is 4.74 Å². The number of carbonyl (C=O) groups excluding carboxylic acids is 2. The second kappa shape index (κ2) is 9.91. The van der Waals surface area contributed by atoms with E-state index in [4.69, 9.17) is 4.74 Å². The molecule has 0 radical (unpaired) electrons. The predicted octanol–water partition coefficient (Wildman–Crippen LogP) is 3.94. The molecule has 3 heterocycles. The number of rotatable bonds is 8. The van der Waals surface area contributed by atoms with Crippen molar-refractivity contribution in [3.05, 3.63) is 59.9 Å². The SMILES string of the molecule is COc1cccc(CN2C(=O)N(CCC(C)C)C3(CCN(Cc4cccnc4)CC3)C2=O)c1. The molecule has 0 N–H and O–H groups in total. The van der Waals surface area contributed by atoms with Gasteiger partial charge in [-0.1, -0.05) is 32.0 Å². The van der Waals surface area contributed by atoms with Crippen molar-refractivity contribution in [2.24, 2.45) is 5.92 Å². The molecule has 33 heavy (non-hydrogen) atoms. The highest BCUT2D eigenvalue weighted by Crippen LogP contribution is 2.39. The van der Waals surface area contributed by atoms with Gasteiger partial charge in [0.1, 0.15) is 11.3 Å². The van der Waals surface area contributed by atoms with Crippen LogP contribution in [-0.2, 0) is 17.9 Å². The van der Waals surface area contributed by atoms with Gasteiger partial charge in [0.25, 0.3) is 5.91 Å². The van der Waals surface area contributed by atoms with Crippen LogP contribution in [0, 0.1) is 5.92 Å². The Bertz CT molecular complexity index is 971. The number of carbonyl (C=O) groups is 2. The van der Waals surface area contributed by atoms with Crippen LogP contribution in [0.2, 0.25) is 0 Å². The van der Waals surface area contributed by atoms with Gasteiger partial charge in [0.15, 0.2) is 0 Å². The number of pyridine rings is 1. The summed E-state index contributed by atoms with van der Waals surface area (Å²) >= 11 is 0. The topological polar surface area (TPSA) is 66.0 Å². The fraction of sp³-hybridized carbons (Fsp3) is 0.500. The molecular formula is C26H34N4O3. The summed E-state index contributed by atoms with van der Waals surface area (Å²) in [4.78, 5) is 37.2. The first-order chi connectivity index (χ1) is 15.9. The Hall–Kier alpha value is -2.93. The lowest BCUT2D eigenvalue weighted by molar-refractivity contribution is -0.136. The van der Waals surface area contributed by atoms with Crippen molar-refractivity contribution in [2.45, 2.75) is 51.7 Å². The molecule has 7 heteroatoms. The van der Waals surface area contributed by atoms with Gasteiger partial charge >= 0.3 is 6.03 Å². The molecule has 0 aliphatic carbocycles. The molecule has 0 unspecified atom stereocenters. The van der Waals surface area contributed by atoms with Crippen molar-refractivity contribution in [2.75, 3.05) is 26.7 Å². The minimum atomic E-state index is -0.740. The molecule has 2 fully saturated rings. The van der Waals surface area contributed by atoms with Crippen LogP contribution in [0.3, 0.4) is 0 Å². The Balaban J connectivity index is 1.53. The number of amides is 3. The average molecular weight is 451 g/mol. The third-order valence-electron chi connectivity index (χ3n) is 6.84. The zero-order valence-corrected chi connectivity index (χ0v) is 19.9. The number of piperidine rings is 1. The zero-order valence-electron chi connectivity index (χ0n) is 19.9. The maximum Gasteiger partial charge on any atom is 0.327 e. The van der Waals surface area contributed by atoms with Crippen molar-refractivity contribution in [1.29, 1.82) is 0 Å². The Labute approximate surface area is 196 Å². The molecule has 7 nitrogen and oxygen atoms in total. The second-order valence-corrected chi connectivity index (χ2v) is 9.53. The smallest absolute Gasteiger partial charge is 0.327 e. The van der Waals surface area contributed by atoms with Gasteiger partial charge in [-0.3, -0.25) is 19.6 Å². The molecule has 1 aromatic heterocycles. The van der Waals surface area contributed by atoms with Gasteiger partial charge < -0.3 is 9.64 Å². The highest BCUT2D eigenvalue weighted by Gasteiger charge is 2.57. The summed E-state index contributed by atoms with van der Waals surface area (Å²) in [6.07, 6.45) is 5.86. The van der Waals surface area contributed by atoms with Crippen LogP contribution in [0.1, 0.15) is 44.2 Å². The molecule has 1 spiro atoms. The fourth-order valence-electron chi connectivity index (χ4n) is 4.89. The zero-order chi connectivity index (χ0) is 23.4. The number of urea groups is 1. The van der Waals surface area contributed by atoms with Crippen LogP contribution >= 0.6 is 0 Å². The van der Waals surface area contributed by atoms with Gasteiger partial charge in [0.2, 0.25) is 0 Å². The summed E-state index contributed by atoms with van der Waals surface area (Å²) in [5.41, 5.74) is 1.32. The van der Waals surface area contributed by atoms with E-state index in [9.17, 15) is 9.59 Å². The number of hydrogen-bond donors (Lipinski definition) is 0. The quantitative estimate of drug-likeness (QED) is 0.570. The number of ether oxygens (including phenoxy) is 1. The number of imide groups is 1. The Morgan fingerprint density at radius 3 is 2.48 bits per heavy atom. The minimum Gasteiger partial charge on any atom is -0.497 e. The van der Waals surface area contributed by atoms with Crippen molar-refractivity contribution < 1.29 is 14.3 Å². The first kappa shape index (κ1) is 23.2. The normalized spacial score (nSPS) is 18.5. The summed E-state index contributed by atoms with van der Waals surface area (Å²) in [7, 11) is 1.62. The van der Waals surface area contributed by atoms with Crippen LogP contribution in [0.25, 0.3) is 0 Å². The summed E-state index contributed by atoms with van der Waals surface area (Å²) in [6.45, 7) is 7.55. The highest BCUT2D eigenvalue weighted by molar-refractivity contribution is 6.07. The average Bonchev–Trinajstić information content (AvgIpc) is 3.01. The van der Waals surface area contributed by atoms with Crippen LogP contribution in [0.4, 0.5) is 4.79 Å². The van der Waals surface area contributed by atoms with Gasteiger partial charge in [-0.25, -0.2) is 4.79 Å². The second-order valence-electron chi connectivity index (χ2n) is 9.53. The third-order valence-corrected chi connectivity index (χ3v) is 6.84. The number of benzene rings is 1. The molecule has 2 saturated heterocycles. The maximum atomic E-state index is 13.8. The molecule has 2 aromatic rings. The van der Waals surface area contributed by atoms with Crippen LogP contribution in [-0.4, -0.2) is 63.9 Å².